The van der Waals surface area contributed by atoms with Crippen LogP contribution in [0.2, 0.25) is 0 Å². The van der Waals surface area contributed by atoms with Crippen LogP contribution in [0.15, 0.2) is 46.9 Å². The van der Waals surface area contributed by atoms with Gasteiger partial charge < -0.3 is 9.84 Å². The molecule has 1 aromatic heterocycles. The third-order valence-corrected chi connectivity index (χ3v) is 5.87. The Hall–Kier alpha value is -2.70. The summed E-state index contributed by atoms with van der Waals surface area (Å²) in [7, 11) is 1.64. The molecule has 1 N–H and O–H groups in total. The van der Waals surface area contributed by atoms with Crippen molar-refractivity contribution < 1.29 is 14.6 Å². The Bertz CT molecular complexity index is 1140. The third kappa shape index (κ3) is 3.66. The molecule has 2 aromatic carbocycles. The Labute approximate surface area is 177 Å². The highest BCUT2D eigenvalue weighted by atomic mass is 79.9. The van der Waals surface area contributed by atoms with Gasteiger partial charge >= 0.3 is 5.97 Å². The van der Waals surface area contributed by atoms with E-state index >= 15 is 0 Å². The number of carbonyl (C=O) groups is 1. The van der Waals surface area contributed by atoms with Crippen molar-refractivity contribution in [3.8, 4) is 5.75 Å². The van der Waals surface area contributed by atoms with Crippen LogP contribution in [0.1, 0.15) is 34.1 Å². The molecule has 3 aromatic rings. The number of nitrogens with zero attached hydrogens (tertiary/aromatic N) is 2. The average molecular weight is 453 g/mol. The Morgan fingerprint density at radius 2 is 2.07 bits per heavy atom. The number of fused-ring (bicyclic) bond motifs is 2. The Balaban J connectivity index is 1.94. The van der Waals surface area contributed by atoms with E-state index in [0.29, 0.717) is 23.0 Å². The molecule has 0 bridgehead atoms. The van der Waals surface area contributed by atoms with E-state index in [1.807, 2.05) is 42.5 Å². The number of likely N-dealkylation sites (N-methyl/N-ethyl adjacent to an activating group) is 1. The highest BCUT2D eigenvalue weighted by molar-refractivity contribution is 9.10. The molecule has 1 aliphatic heterocycles. The largest absolute Gasteiger partial charge is 0.496 e. The highest BCUT2D eigenvalue weighted by Crippen LogP contribution is 2.35. The molecule has 2 heterocycles. The summed E-state index contributed by atoms with van der Waals surface area (Å²) in [6.45, 7) is 4.21. The number of halogens is 1. The summed E-state index contributed by atoms with van der Waals surface area (Å²) < 4.78 is 6.19. The van der Waals surface area contributed by atoms with Gasteiger partial charge in [-0.3, -0.25) is 4.90 Å². The highest BCUT2D eigenvalue weighted by Gasteiger charge is 2.27. The van der Waals surface area contributed by atoms with Gasteiger partial charge in [0.2, 0.25) is 0 Å². The molecule has 6 heteroatoms. The lowest BCUT2D eigenvalue weighted by Gasteiger charge is -2.30. The van der Waals surface area contributed by atoms with Crippen LogP contribution in [0.25, 0.3) is 22.6 Å². The van der Waals surface area contributed by atoms with Crippen LogP contribution in [-0.4, -0.2) is 41.2 Å². The molecule has 0 atom stereocenters. The van der Waals surface area contributed by atoms with Crippen molar-refractivity contribution >= 4 is 44.5 Å². The molecule has 4 rings (SSSR count). The number of carboxylic acid groups (broad SMARTS) is 1. The maximum absolute atomic E-state index is 12.2. The van der Waals surface area contributed by atoms with Gasteiger partial charge in [-0.15, -0.1) is 0 Å². The number of aromatic nitrogens is 1. The summed E-state index contributed by atoms with van der Waals surface area (Å²) in [5.41, 5.74) is 4.63. The quantitative estimate of drug-likeness (QED) is 0.597. The first-order chi connectivity index (χ1) is 14.0. The lowest BCUT2D eigenvalue weighted by molar-refractivity contribution is 0.0696. The first kappa shape index (κ1) is 19.6. The number of para-hydroxylation sites is 1. The zero-order valence-corrected chi connectivity index (χ0v) is 17.9. The lowest BCUT2D eigenvalue weighted by atomic mass is 9.92. The summed E-state index contributed by atoms with van der Waals surface area (Å²) in [5.74, 6) is -0.145. The molecule has 0 spiro atoms. The van der Waals surface area contributed by atoms with Crippen LogP contribution in [0.4, 0.5) is 0 Å². The van der Waals surface area contributed by atoms with Crippen LogP contribution in [-0.2, 0) is 6.54 Å². The number of hydrogen-bond acceptors (Lipinski definition) is 4. The normalized spacial score (nSPS) is 15.5. The van der Waals surface area contributed by atoms with Gasteiger partial charge in [0.25, 0.3) is 0 Å². The third-order valence-electron chi connectivity index (χ3n) is 5.25. The van der Waals surface area contributed by atoms with Gasteiger partial charge in [-0.1, -0.05) is 31.2 Å². The first-order valence-corrected chi connectivity index (χ1v) is 10.2. The van der Waals surface area contributed by atoms with Crippen LogP contribution >= 0.6 is 15.9 Å². The maximum atomic E-state index is 12.2. The molecule has 0 amide bonds. The van der Waals surface area contributed by atoms with Gasteiger partial charge in [0.15, 0.2) is 0 Å². The molecule has 0 radical (unpaired) electrons. The van der Waals surface area contributed by atoms with Crippen LogP contribution in [0.5, 0.6) is 5.75 Å². The number of pyridine rings is 1. The molecule has 0 saturated heterocycles. The number of benzene rings is 2. The van der Waals surface area contributed by atoms with Gasteiger partial charge in [-0.05, 0) is 57.9 Å². The Kier molecular flexibility index (Phi) is 5.39. The van der Waals surface area contributed by atoms with E-state index in [0.717, 1.165) is 45.7 Å². The second-order valence-electron chi connectivity index (χ2n) is 7.00. The lowest BCUT2D eigenvalue weighted by Crippen LogP contribution is -2.31. The molecule has 0 saturated carbocycles. The predicted molar refractivity (Wildman–Crippen MR) is 118 cm³/mol. The summed E-state index contributed by atoms with van der Waals surface area (Å²) in [5, 5.41) is 10.7. The smallest absolute Gasteiger partial charge is 0.336 e. The minimum Gasteiger partial charge on any atom is -0.496 e. The Morgan fingerprint density at radius 3 is 2.76 bits per heavy atom. The SMILES string of the molecule is CCN1C/C(=C/c2ccc(OC)c(Br)c2)c2nc3ccccc3c(C(=O)O)c2C1. The summed E-state index contributed by atoms with van der Waals surface area (Å²) in [6, 6.07) is 13.3. The topological polar surface area (TPSA) is 62.7 Å². The van der Waals surface area contributed by atoms with Crippen molar-refractivity contribution in [2.45, 2.75) is 13.5 Å². The molecule has 29 heavy (non-hydrogen) atoms. The number of methoxy groups -OCH3 is 1. The Morgan fingerprint density at radius 1 is 1.28 bits per heavy atom. The van der Waals surface area contributed by atoms with E-state index in [2.05, 4.69) is 33.8 Å². The van der Waals surface area contributed by atoms with E-state index in [9.17, 15) is 9.90 Å². The van der Waals surface area contributed by atoms with E-state index in [1.165, 1.54) is 0 Å². The van der Waals surface area contributed by atoms with Gasteiger partial charge in [-0.25, -0.2) is 9.78 Å². The molecule has 5 nitrogen and oxygen atoms in total. The molecular weight excluding hydrogens is 432 g/mol. The fourth-order valence-corrected chi connectivity index (χ4v) is 4.38. The molecule has 1 aliphatic rings. The van der Waals surface area contributed by atoms with Crippen LogP contribution in [0, 0.1) is 0 Å². The maximum Gasteiger partial charge on any atom is 0.336 e. The van der Waals surface area contributed by atoms with Crippen LogP contribution < -0.4 is 4.74 Å². The minimum absolute atomic E-state index is 0.352. The van der Waals surface area contributed by atoms with Gasteiger partial charge in [-0.2, -0.15) is 0 Å². The zero-order valence-electron chi connectivity index (χ0n) is 16.3. The minimum atomic E-state index is -0.913. The second kappa shape index (κ2) is 7.97. The summed E-state index contributed by atoms with van der Waals surface area (Å²) >= 11 is 3.53. The van der Waals surface area contributed by atoms with Gasteiger partial charge in [0.05, 0.1) is 28.4 Å². The van der Waals surface area contributed by atoms with Gasteiger partial charge in [0.1, 0.15) is 5.75 Å². The van der Waals surface area contributed by atoms with Crippen LogP contribution in [0.3, 0.4) is 0 Å². The number of ether oxygens (including phenoxy) is 1. The standard InChI is InChI=1S/C23H21BrN2O3/c1-3-26-12-15(10-14-8-9-20(29-2)18(24)11-14)22-17(13-26)21(23(27)28)16-6-4-5-7-19(16)25-22/h4-11H,3,12-13H2,1-2H3,(H,27,28)/b15-10-. The average Bonchev–Trinajstić information content (AvgIpc) is 2.72. The molecular formula is C23H21BrN2O3. The summed E-state index contributed by atoms with van der Waals surface area (Å²) in [6.07, 6.45) is 2.08. The van der Waals surface area contributed by atoms with Crippen molar-refractivity contribution in [3.05, 3.63) is 69.3 Å². The molecule has 0 unspecified atom stereocenters. The van der Waals surface area contributed by atoms with E-state index in [1.54, 1.807) is 7.11 Å². The number of aromatic carboxylic acids is 1. The van der Waals surface area contributed by atoms with E-state index < -0.39 is 5.97 Å². The van der Waals surface area contributed by atoms with Crippen molar-refractivity contribution in [2.24, 2.45) is 0 Å². The van der Waals surface area contributed by atoms with E-state index in [-0.39, 0.29) is 0 Å². The predicted octanol–water partition coefficient (Wildman–Crippen LogP) is 5.08. The second-order valence-corrected chi connectivity index (χ2v) is 7.86. The van der Waals surface area contributed by atoms with Crippen molar-refractivity contribution in [3.63, 3.8) is 0 Å². The van der Waals surface area contributed by atoms with E-state index in [4.69, 9.17) is 9.72 Å². The number of rotatable bonds is 4. The fourth-order valence-electron chi connectivity index (χ4n) is 3.82. The first-order valence-electron chi connectivity index (χ1n) is 9.43. The van der Waals surface area contributed by atoms with Crippen molar-refractivity contribution in [1.29, 1.82) is 0 Å². The monoisotopic (exact) mass is 452 g/mol. The zero-order chi connectivity index (χ0) is 20.5. The number of hydrogen-bond donors (Lipinski definition) is 1. The van der Waals surface area contributed by atoms with Crippen molar-refractivity contribution in [1.82, 2.24) is 9.88 Å². The fraction of sp³-hybridized carbons (Fsp3) is 0.217. The molecule has 0 fully saturated rings. The molecule has 0 aliphatic carbocycles. The van der Waals surface area contributed by atoms with Crippen molar-refractivity contribution in [2.75, 3.05) is 20.2 Å². The molecule has 148 valence electrons. The number of carboxylic acids is 1. The van der Waals surface area contributed by atoms with Gasteiger partial charge in [0, 0.05) is 24.0 Å². The summed E-state index contributed by atoms with van der Waals surface area (Å²) in [4.78, 5) is 19.3.